The van der Waals surface area contributed by atoms with E-state index in [4.69, 9.17) is 0 Å². The van der Waals surface area contributed by atoms with E-state index in [0.717, 1.165) is 9.26 Å². The van der Waals surface area contributed by atoms with Crippen LogP contribution in [-0.4, -0.2) is 5.91 Å². The second kappa shape index (κ2) is 6.83. The van der Waals surface area contributed by atoms with Crippen molar-refractivity contribution in [2.45, 2.75) is 19.8 Å². The van der Waals surface area contributed by atoms with E-state index in [9.17, 15) is 9.18 Å². The number of hydrogen-bond acceptors (Lipinski definition) is 1. The quantitative estimate of drug-likeness (QED) is 0.784. The van der Waals surface area contributed by atoms with Gasteiger partial charge in [-0.1, -0.05) is 24.3 Å². The van der Waals surface area contributed by atoms with Crippen LogP contribution in [0.25, 0.3) is 0 Å². The second-order valence-corrected chi connectivity index (χ2v) is 5.77. The lowest BCUT2D eigenvalue weighted by Gasteiger charge is -2.07. The molecule has 0 heterocycles. The Morgan fingerprint density at radius 2 is 2.00 bits per heavy atom. The summed E-state index contributed by atoms with van der Waals surface area (Å²) in [7, 11) is 0. The molecular formula is C16H15FINO. The molecule has 20 heavy (non-hydrogen) atoms. The van der Waals surface area contributed by atoms with Crippen LogP contribution >= 0.6 is 22.6 Å². The van der Waals surface area contributed by atoms with Crippen molar-refractivity contribution in [1.82, 2.24) is 0 Å². The van der Waals surface area contributed by atoms with Crippen LogP contribution < -0.4 is 5.32 Å². The maximum Gasteiger partial charge on any atom is 0.224 e. The first-order chi connectivity index (χ1) is 9.56. The van der Waals surface area contributed by atoms with E-state index in [0.29, 0.717) is 12.0 Å². The fraction of sp³-hybridized carbons (Fsp3) is 0.188. The molecule has 0 spiro atoms. The zero-order valence-electron chi connectivity index (χ0n) is 11.1. The molecule has 0 atom stereocenters. The summed E-state index contributed by atoms with van der Waals surface area (Å²) >= 11 is 2.23. The van der Waals surface area contributed by atoms with Gasteiger partial charge in [0.2, 0.25) is 5.91 Å². The maximum atomic E-state index is 13.4. The van der Waals surface area contributed by atoms with Gasteiger partial charge in [0.1, 0.15) is 5.82 Å². The molecule has 0 aliphatic rings. The van der Waals surface area contributed by atoms with E-state index < -0.39 is 0 Å². The van der Waals surface area contributed by atoms with Crippen LogP contribution in [0.15, 0.2) is 42.5 Å². The van der Waals surface area contributed by atoms with Crippen molar-refractivity contribution in [3.8, 4) is 0 Å². The zero-order valence-corrected chi connectivity index (χ0v) is 13.3. The molecule has 2 rings (SSSR count). The Labute approximate surface area is 131 Å². The molecule has 0 radical (unpaired) electrons. The van der Waals surface area contributed by atoms with Crippen molar-refractivity contribution in [3.63, 3.8) is 0 Å². The van der Waals surface area contributed by atoms with Crippen LogP contribution in [0.3, 0.4) is 0 Å². The summed E-state index contributed by atoms with van der Waals surface area (Å²) in [5, 5.41) is 2.83. The molecule has 2 nitrogen and oxygen atoms in total. The first kappa shape index (κ1) is 15.0. The number of hydrogen-bond donors (Lipinski definition) is 1. The highest BCUT2D eigenvalue weighted by Gasteiger charge is 2.06. The highest BCUT2D eigenvalue weighted by atomic mass is 127. The summed E-state index contributed by atoms with van der Waals surface area (Å²) in [4.78, 5) is 11.9. The lowest BCUT2D eigenvalue weighted by atomic mass is 10.1. The Hall–Kier alpha value is -1.43. The Morgan fingerprint density at radius 3 is 2.70 bits per heavy atom. The first-order valence-corrected chi connectivity index (χ1v) is 7.43. The molecule has 0 saturated heterocycles. The number of benzene rings is 2. The summed E-state index contributed by atoms with van der Waals surface area (Å²) in [6.07, 6.45) is 0.673. The van der Waals surface area contributed by atoms with Gasteiger partial charge in [-0.05, 0) is 65.3 Å². The molecule has 0 saturated carbocycles. The third-order valence-electron chi connectivity index (χ3n) is 3.03. The van der Waals surface area contributed by atoms with Gasteiger partial charge in [0.15, 0.2) is 0 Å². The van der Waals surface area contributed by atoms with Crippen molar-refractivity contribution in [3.05, 3.63) is 63.0 Å². The van der Waals surface area contributed by atoms with Gasteiger partial charge in [0.05, 0.1) is 0 Å². The second-order valence-electron chi connectivity index (χ2n) is 4.60. The Balaban J connectivity index is 1.93. The van der Waals surface area contributed by atoms with Gasteiger partial charge in [-0.2, -0.15) is 0 Å². The number of nitrogens with one attached hydrogen (secondary N) is 1. The SMILES string of the molecule is Cc1ccc(NC(=O)CCc2ccccc2F)cc1I. The average Bonchev–Trinajstić information content (AvgIpc) is 2.42. The molecule has 2 aromatic rings. The van der Waals surface area contributed by atoms with Gasteiger partial charge in [-0.15, -0.1) is 0 Å². The number of carbonyl (C=O) groups excluding carboxylic acids is 1. The van der Waals surface area contributed by atoms with Gasteiger partial charge in [0.25, 0.3) is 0 Å². The largest absolute Gasteiger partial charge is 0.326 e. The fourth-order valence-electron chi connectivity index (χ4n) is 1.84. The van der Waals surface area contributed by atoms with Gasteiger partial charge in [-0.25, -0.2) is 4.39 Å². The average molecular weight is 383 g/mol. The molecule has 1 amide bonds. The van der Waals surface area contributed by atoms with Crippen molar-refractivity contribution in [2.24, 2.45) is 0 Å². The molecule has 0 aliphatic carbocycles. The van der Waals surface area contributed by atoms with Gasteiger partial charge >= 0.3 is 0 Å². The third-order valence-corrected chi connectivity index (χ3v) is 4.20. The van der Waals surface area contributed by atoms with Crippen LogP contribution in [0, 0.1) is 16.3 Å². The van der Waals surface area contributed by atoms with Gasteiger partial charge in [-0.3, -0.25) is 4.79 Å². The molecule has 104 valence electrons. The van der Waals surface area contributed by atoms with Crippen LogP contribution in [0.5, 0.6) is 0 Å². The lowest BCUT2D eigenvalue weighted by molar-refractivity contribution is -0.116. The van der Waals surface area contributed by atoms with E-state index in [1.165, 1.54) is 11.6 Å². The molecule has 1 N–H and O–H groups in total. The fourth-order valence-corrected chi connectivity index (χ4v) is 2.36. The number of aryl methyl sites for hydroxylation is 2. The van der Waals surface area contributed by atoms with Crippen LogP contribution in [0.2, 0.25) is 0 Å². The number of rotatable bonds is 4. The molecule has 0 unspecified atom stereocenters. The molecule has 0 bridgehead atoms. The molecule has 0 aromatic heterocycles. The van der Waals surface area contributed by atoms with Crippen LogP contribution in [0.4, 0.5) is 10.1 Å². The number of anilines is 1. The van der Waals surface area contributed by atoms with Gasteiger partial charge < -0.3 is 5.32 Å². The topological polar surface area (TPSA) is 29.1 Å². The Morgan fingerprint density at radius 1 is 1.25 bits per heavy atom. The first-order valence-electron chi connectivity index (χ1n) is 6.35. The smallest absolute Gasteiger partial charge is 0.224 e. The summed E-state index contributed by atoms with van der Waals surface area (Å²) in [5.74, 6) is -0.363. The Bertz CT molecular complexity index is 628. The molecule has 4 heteroatoms. The van der Waals surface area contributed by atoms with Gasteiger partial charge in [0, 0.05) is 15.7 Å². The molecule has 2 aromatic carbocycles. The van der Waals surface area contributed by atoms with E-state index >= 15 is 0 Å². The van der Waals surface area contributed by atoms with E-state index in [2.05, 4.69) is 27.9 Å². The maximum absolute atomic E-state index is 13.4. The molecule has 0 aliphatic heterocycles. The summed E-state index contributed by atoms with van der Waals surface area (Å²) in [6.45, 7) is 2.02. The molecular weight excluding hydrogens is 368 g/mol. The van der Waals surface area contributed by atoms with Crippen molar-refractivity contribution in [1.29, 1.82) is 0 Å². The van der Waals surface area contributed by atoms with Crippen LogP contribution in [-0.2, 0) is 11.2 Å². The predicted octanol–water partition coefficient (Wildman–Crippen LogP) is 4.31. The molecule has 0 fully saturated rings. The minimum absolute atomic E-state index is 0.104. The number of halogens is 2. The lowest BCUT2D eigenvalue weighted by Crippen LogP contribution is -2.12. The van der Waals surface area contributed by atoms with E-state index in [1.54, 1.807) is 18.2 Å². The van der Waals surface area contributed by atoms with Crippen molar-refractivity contribution < 1.29 is 9.18 Å². The summed E-state index contributed by atoms with van der Waals surface area (Å²) in [6, 6.07) is 12.3. The zero-order chi connectivity index (χ0) is 14.5. The highest BCUT2D eigenvalue weighted by molar-refractivity contribution is 14.1. The Kier molecular flexibility index (Phi) is 5.11. The summed E-state index contributed by atoms with van der Waals surface area (Å²) < 4.78 is 14.5. The number of amides is 1. The minimum atomic E-state index is -0.259. The van der Waals surface area contributed by atoms with E-state index in [-0.39, 0.29) is 18.1 Å². The minimum Gasteiger partial charge on any atom is -0.326 e. The van der Waals surface area contributed by atoms with Crippen molar-refractivity contribution >= 4 is 34.2 Å². The normalized spacial score (nSPS) is 10.3. The van der Waals surface area contributed by atoms with Crippen LogP contribution in [0.1, 0.15) is 17.5 Å². The summed E-state index contributed by atoms with van der Waals surface area (Å²) in [5.41, 5.74) is 2.52. The van der Waals surface area contributed by atoms with Crippen molar-refractivity contribution in [2.75, 3.05) is 5.32 Å². The standard InChI is InChI=1S/C16H15FINO/c1-11-6-8-13(10-15(11)18)19-16(20)9-7-12-4-2-3-5-14(12)17/h2-6,8,10H,7,9H2,1H3,(H,19,20). The highest BCUT2D eigenvalue weighted by Crippen LogP contribution is 2.17. The van der Waals surface area contributed by atoms with E-state index in [1.807, 2.05) is 25.1 Å². The third kappa shape index (κ3) is 4.03. The monoisotopic (exact) mass is 383 g/mol. The predicted molar refractivity (Wildman–Crippen MR) is 87.2 cm³/mol. The number of carbonyl (C=O) groups is 1.